The summed E-state index contributed by atoms with van der Waals surface area (Å²) in [6, 6.07) is 11.7. The quantitative estimate of drug-likeness (QED) is 0.835. The summed E-state index contributed by atoms with van der Waals surface area (Å²) in [4.78, 5) is 12.6. The zero-order chi connectivity index (χ0) is 14.0. The SMILES string of the molecule is Cc1cc(N(C(=O)O)c2cccc(Cl)c2)ccc1Cl. The molecule has 5 heteroatoms. The molecule has 0 radical (unpaired) electrons. The molecule has 0 unspecified atom stereocenters. The van der Waals surface area contributed by atoms with Crippen molar-refractivity contribution >= 4 is 40.7 Å². The van der Waals surface area contributed by atoms with Crippen LogP contribution in [0, 0.1) is 6.92 Å². The molecule has 0 saturated carbocycles. The van der Waals surface area contributed by atoms with Gasteiger partial charge < -0.3 is 5.11 Å². The fourth-order valence-electron chi connectivity index (χ4n) is 1.75. The number of aryl methyl sites for hydroxylation is 1. The highest BCUT2D eigenvalue weighted by atomic mass is 35.5. The van der Waals surface area contributed by atoms with Gasteiger partial charge in [0.2, 0.25) is 0 Å². The molecule has 0 bridgehead atoms. The fraction of sp³-hybridized carbons (Fsp3) is 0.0714. The second-order valence-corrected chi connectivity index (χ2v) is 4.87. The molecule has 0 spiro atoms. The summed E-state index contributed by atoms with van der Waals surface area (Å²) in [5.74, 6) is 0. The molecule has 0 aliphatic carbocycles. The average molecular weight is 296 g/mol. The minimum atomic E-state index is -1.08. The number of hydrogen-bond acceptors (Lipinski definition) is 1. The maximum absolute atomic E-state index is 11.5. The minimum Gasteiger partial charge on any atom is -0.464 e. The highest BCUT2D eigenvalue weighted by Gasteiger charge is 2.17. The van der Waals surface area contributed by atoms with Crippen molar-refractivity contribution in [3.05, 3.63) is 58.1 Å². The van der Waals surface area contributed by atoms with Crippen molar-refractivity contribution in [2.24, 2.45) is 0 Å². The number of amides is 1. The van der Waals surface area contributed by atoms with Crippen LogP contribution in [-0.4, -0.2) is 11.2 Å². The first-order valence-electron chi connectivity index (χ1n) is 5.54. The van der Waals surface area contributed by atoms with E-state index in [4.69, 9.17) is 23.2 Å². The molecule has 0 saturated heterocycles. The van der Waals surface area contributed by atoms with E-state index in [-0.39, 0.29) is 0 Å². The summed E-state index contributed by atoms with van der Waals surface area (Å²) in [6.07, 6.45) is -1.08. The van der Waals surface area contributed by atoms with Crippen LogP contribution < -0.4 is 4.90 Å². The van der Waals surface area contributed by atoms with Crippen molar-refractivity contribution in [2.75, 3.05) is 4.90 Å². The molecular formula is C14H11Cl2NO2. The second-order valence-electron chi connectivity index (χ2n) is 4.03. The normalized spacial score (nSPS) is 10.3. The van der Waals surface area contributed by atoms with Crippen molar-refractivity contribution in [1.29, 1.82) is 0 Å². The molecule has 0 heterocycles. The topological polar surface area (TPSA) is 40.5 Å². The lowest BCUT2D eigenvalue weighted by molar-refractivity contribution is 0.205. The summed E-state index contributed by atoms with van der Waals surface area (Å²) in [7, 11) is 0. The van der Waals surface area contributed by atoms with Gasteiger partial charge in [0, 0.05) is 10.0 Å². The van der Waals surface area contributed by atoms with E-state index >= 15 is 0 Å². The molecule has 1 N–H and O–H groups in total. The highest BCUT2D eigenvalue weighted by Crippen LogP contribution is 2.30. The van der Waals surface area contributed by atoms with Gasteiger partial charge in [0.05, 0.1) is 11.4 Å². The summed E-state index contributed by atoms with van der Waals surface area (Å²) < 4.78 is 0. The Morgan fingerprint density at radius 1 is 1.11 bits per heavy atom. The number of hydrogen-bond donors (Lipinski definition) is 1. The number of rotatable bonds is 2. The van der Waals surface area contributed by atoms with E-state index in [9.17, 15) is 9.90 Å². The summed E-state index contributed by atoms with van der Waals surface area (Å²) in [5, 5.41) is 10.5. The third-order valence-electron chi connectivity index (χ3n) is 2.66. The van der Waals surface area contributed by atoms with Gasteiger partial charge in [0.15, 0.2) is 0 Å². The van der Waals surface area contributed by atoms with E-state index in [1.165, 1.54) is 0 Å². The van der Waals surface area contributed by atoms with Crippen LogP contribution in [0.5, 0.6) is 0 Å². The summed E-state index contributed by atoms with van der Waals surface area (Å²) in [5.41, 5.74) is 1.82. The molecule has 2 rings (SSSR count). The smallest absolute Gasteiger partial charge is 0.416 e. The maximum atomic E-state index is 11.5. The Morgan fingerprint density at radius 3 is 2.37 bits per heavy atom. The van der Waals surface area contributed by atoms with Crippen LogP contribution in [0.4, 0.5) is 16.2 Å². The Morgan fingerprint density at radius 2 is 1.79 bits per heavy atom. The number of nitrogens with zero attached hydrogens (tertiary/aromatic N) is 1. The van der Waals surface area contributed by atoms with Crippen LogP contribution in [0.15, 0.2) is 42.5 Å². The lowest BCUT2D eigenvalue weighted by atomic mass is 10.2. The van der Waals surface area contributed by atoms with E-state index in [0.717, 1.165) is 10.5 Å². The maximum Gasteiger partial charge on any atom is 0.416 e. The molecule has 0 aliphatic heterocycles. The Kier molecular flexibility index (Phi) is 3.98. The number of anilines is 2. The van der Waals surface area contributed by atoms with Gasteiger partial charge >= 0.3 is 6.09 Å². The van der Waals surface area contributed by atoms with Crippen LogP contribution in [0.2, 0.25) is 10.0 Å². The number of halogens is 2. The number of carbonyl (C=O) groups is 1. The molecule has 0 atom stereocenters. The summed E-state index contributed by atoms with van der Waals surface area (Å²) in [6.45, 7) is 1.82. The van der Waals surface area contributed by atoms with Gasteiger partial charge in [0.25, 0.3) is 0 Å². The van der Waals surface area contributed by atoms with Gasteiger partial charge in [-0.25, -0.2) is 9.69 Å². The fourth-order valence-corrected chi connectivity index (χ4v) is 2.06. The first-order valence-corrected chi connectivity index (χ1v) is 6.29. The molecule has 2 aromatic carbocycles. The molecule has 1 amide bonds. The van der Waals surface area contributed by atoms with E-state index < -0.39 is 6.09 Å². The molecule has 0 aromatic heterocycles. The highest BCUT2D eigenvalue weighted by molar-refractivity contribution is 6.31. The predicted octanol–water partition coefficient (Wildman–Crippen LogP) is 5.12. The zero-order valence-electron chi connectivity index (χ0n) is 10.1. The molecule has 0 aliphatic rings. The Bertz CT molecular complexity index is 629. The second kappa shape index (κ2) is 5.51. The van der Waals surface area contributed by atoms with Crippen molar-refractivity contribution in [1.82, 2.24) is 0 Å². The predicted molar refractivity (Wildman–Crippen MR) is 77.8 cm³/mol. The van der Waals surface area contributed by atoms with Gasteiger partial charge in [-0.15, -0.1) is 0 Å². The number of carboxylic acid groups (broad SMARTS) is 1. The van der Waals surface area contributed by atoms with Gasteiger partial charge in [-0.05, 0) is 48.9 Å². The molecule has 3 nitrogen and oxygen atoms in total. The van der Waals surface area contributed by atoms with Gasteiger partial charge in [-0.2, -0.15) is 0 Å². The molecule has 0 fully saturated rings. The van der Waals surface area contributed by atoms with Crippen molar-refractivity contribution in [3.63, 3.8) is 0 Å². The Hall–Kier alpha value is -1.71. The van der Waals surface area contributed by atoms with E-state index in [1.807, 2.05) is 6.92 Å². The van der Waals surface area contributed by atoms with Crippen LogP contribution in [0.3, 0.4) is 0 Å². The third-order valence-corrected chi connectivity index (χ3v) is 3.32. The van der Waals surface area contributed by atoms with Crippen LogP contribution in [-0.2, 0) is 0 Å². The largest absolute Gasteiger partial charge is 0.464 e. The van der Waals surface area contributed by atoms with Crippen LogP contribution in [0.25, 0.3) is 0 Å². The zero-order valence-corrected chi connectivity index (χ0v) is 11.6. The average Bonchev–Trinajstić information content (AvgIpc) is 2.33. The van der Waals surface area contributed by atoms with Gasteiger partial charge in [0.1, 0.15) is 0 Å². The first kappa shape index (κ1) is 13.7. The van der Waals surface area contributed by atoms with Crippen LogP contribution >= 0.6 is 23.2 Å². The van der Waals surface area contributed by atoms with Gasteiger partial charge in [-0.3, -0.25) is 0 Å². The van der Waals surface area contributed by atoms with E-state index in [0.29, 0.717) is 21.4 Å². The monoisotopic (exact) mass is 295 g/mol. The molecule has 2 aromatic rings. The van der Waals surface area contributed by atoms with Crippen molar-refractivity contribution in [2.45, 2.75) is 6.92 Å². The Labute approximate surface area is 121 Å². The summed E-state index contributed by atoms with van der Waals surface area (Å²) >= 11 is 11.8. The van der Waals surface area contributed by atoms with Gasteiger partial charge in [-0.1, -0.05) is 29.3 Å². The van der Waals surface area contributed by atoms with Crippen LogP contribution in [0.1, 0.15) is 5.56 Å². The third kappa shape index (κ3) is 3.00. The van der Waals surface area contributed by atoms with E-state index in [2.05, 4.69) is 0 Å². The van der Waals surface area contributed by atoms with Crippen molar-refractivity contribution < 1.29 is 9.90 Å². The molecular weight excluding hydrogens is 285 g/mol. The first-order chi connectivity index (χ1) is 8.99. The van der Waals surface area contributed by atoms with Crippen molar-refractivity contribution in [3.8, 4) is 0 Å². The standard InChI is InChI=1S/C14H11Cl2NO2/c1-9-7-12(5-6-13(9)16)17(14(18)19)11-4-2-3-10(15)8-11/h2-8H,1H3,(H,18,19). The van der Waals surface area contributed by atoms with E-state index in [1.54, 1.807) is 42.5 Å². The lowest BCUT2D eigenvalue weighted by Gasteiger charge is -2.20. The minimum absolute atomic E-state index is 0.481. The lowest BCUT2D eigenvalue weighted by Crippen LogP contribution is -2.23. The molecule has 19 heavy (non-hydrogen) atoms. The Balaban J connectivity index is 2.51. The number of benzene rings is 2. The molecule has 98 valence electrons.